The second kappa shape index (κ2) is 8.87. The molecule has 3 rings (SSSR count). The summed E-state index contributed by atoms with van der Waals surface area (Å²) in [6.45, 7) is 4.11. The predicted molar refractivity (Wildman–Crippen MR) is 109 cm³/mol. The van der Waals surface area contributed by atoms with Crippen LogP contribution in [0, 0.1) is 5.92 Å². The lowest BCUT2D eigenvalue weighted by atomic mass is 9.73. The number of carbonyl (C=O) groups excluding carboxylic acids is 2. The Labute approximate surface area is 166 Å². The Kier molecular flexibility index (Phi) is 6.30. The summed E-state index contributed by atoms with van der Waals surface area (Å²) in [7, 11) is 1.60. The highest BCUT2D eigenvalue weighted by molar-refractivity contribution is 6.10. The molecular weight excluding hydrogens is 352 g/mol. The highest BCUT2D eigenvalue weighted by atomic mass is 16.5. The standard InChI is InChI=1S/C24H26O4/c1-4-16-10-12-17(13-11-16)18-14-20(19-8-6-7-9-22(19)27-3)23(21(25)15-18)24(26)28-5-2/h6-13,15,20,23H,4-5,14H2,1-3H3/t20-,23+/m1/s1. The van der Waals surface area contributed by atoms with E-state index in [0.29, 0.717) is 12.2 Å². The van der Waals surface area contributed by atoms with Crippen LogP contribution >= 0.6 is 0 Å². The monoisotopic (exact) mass is 378 g/mol. The zero-order chi connectivity index (χ0) is 20.1. The number of esters is 1. The summed E-state index contributed by atoms with van der Waals surface area (Å²) in [5, 5.41) is 0. The van der Waals surface area contributed by atoms with Crippen LogP contribution in [0.4, 0.5) is 0 Å². The van der Waals surface area contributed by atoms with E-state index in [1.165, 1.54) is 5.56 Å². The Morgan fingerprint density at radius 2 is 1.79 bits per heavy atom. The van der Waals surface area contributed by atoms with Gasteiger partial charge in [0.1, 0.15) is 11.7 Å². The fourth-order valence-corrected chi connectivity index (χ4v) is 3.80. The maximum absolute atomic E-state index is 13.0. The minimum absolute atomic E-state index is 0.213. The molecule has 4 nitrogen and oxygen atoms in total. The molecule has 0 bridgehead atoms. The van der Waals surface area contributed by atoms with Crippen molar-refractivity contribution in [3.8, 4) is 5.75 Å². The van der Waals surface area contributed by atoms with Crippen LogP contribution in [0.2, 0.25) is 0 Å². The number of aryl methyl sites for hydroxylation is 1. The first-order valence-electron chi connectivity index (χ1n) is 9.72. The Morgan fingerprint density at radius 1 is 1.07 bits per heavy atom. The number of allylic oxidation sites excluding steroid dienone is 2. The minimum atomic E-state index is -0.852. The lowest BCUT2D eigenvalue weighted by molar-refractivity contribution is -0.151. The molecule has 0 heterocycles. The van der Waals surface area contributed by atoms with Crippen LogP contribution in [0.5, 0.6) is 5.75 Å². The first-order chi connectivity index (χ1) is 13.6. The van der Waals surface area contributed by atoms with E-state index in [1.54, 1.807) is 20.1 Å². The van der Waals surface area contributed by atoms with Crippen molar-refractivity contribution in [2.75, 3.05) is 13.7 Å². The SMILES string of the molecule is CCOC(=O)[C@@H]1C(=O)C=C(c2ccc(CC)cc2)C[C@@H]1c1ccccc1OC. The topological polar surface area (TPSA) is 52.6 Å². The molecule has 1 aliphatic rings. The predicted octanol–water partition coefficient (Wildman–Crippen LogP) is 4.58. The van der Waals surface area contributed by atoms with Crippen LogP contribution in [0.3, 0.4) is 0 Å². The van der Waals surface area contributed by atoms with E-state index in [2.05, 4.69) is 19.1 Å². The molecule has 0 amide bonds. The van der Waals surface area contributed by atoms with Crippen molar-refractivity contribution in [2.24, 2.45) is 5.92 Å². The first kappa shape index (κ1) is 19.9. The van der Waals surface area contributed by atoms with E-state index in [1.807, 2.05) is 36.4 Å². The summed E-state index contributed by atoms with van der Waals surface area (Å²) in [5.74, 6) is -1.18. The van der Waals surface area contributed by atoms with Crippen LogP contribution in [0.1, 0.15) is 42.9 Å². The van der Waals surface area contributed by atoms with Gasteiger partial charge in [-0.25, -0.2) is 0 Å². The van der Waals surface area contributed by atoms with Crippen LogP contribution in [-0.2, 0) is 20.7 Å². The third-order valence-electron chi connectivity index (χ3n) is 5.28. The van der Waals surface area contributed by atoms with Crippen molar-refractivity contribution >= 4 is 17.3 Å². The number of ketones is 1. The maximum Gasteiger partial charge on any atom is 0.317 e. The highest BCUT2D eigenvalue weighted by Crippen LogP contribution is 2.43. The van der Waals surface area contributed by atoms with Crippen molar-refractivity contribution in [3.63, 3.8) is 0 Å². The van der Waals surface area contributed by atoms with E-state index >= 15 is 0 Å². The van der Waals surface area contributed by atoms with Gasteiger partial charge in [0, 0.05) is 5.92 Å². The molecule has 0 radical (unpaired) electrons. The number of hydrogen-bond donors (Lipinski definition) is 0. The third-order valence-corrected chi connectivity index (χ3v) is 5.28. The van der Waals surface area contributed by atoms with E-state index in [-0.39, 0.29) is 18.3 Å². The minimum Gasteiger partial charge on any atom is -0.496 e. The number of ether oxygens (including phenoxy) is 2. The molecular formula is C24H26O4. The summed E-state index contributed by atoms with van der Waals surface area (Å²) >= 11 is 0. The molecule has 0 spiro atoms. The summed E-state index contributed by atoms with van der Waals surface area (Å²) in [6.07, 6.45) is 3.14. The second-order valence-corrected chi connectivity index (χ2v) is 6.90. The lowest BCUT2D eigenvalue weighted by Crippen LogP contribution is -2.34. The van der Waals surface area contributed by atoms with Gasteiger partial charge in [-0.3, -0.25) is 9.59 Å². The molecule has 0 saturated heterocycles. The van der Waals surface area contributed by atoms with Gasteiger partial charge in [0.05, 0.1) is 13.7 Å². The number of hydrogen-bond acceptors (Lipinski definition) is 4. The van der Waals surface area contributed by atoms with Crippen LogP contribution in [-0.4, -0.2) is 25.5 Å². The average molecular weight is 378 g/mol. The maximum atomic E-state index is 13.0. The molecule has 28 heavy (non-hydrogen) atoms. The van der Waals surface area contributed by atoms with Gasteiger partial charge in [0.25, 0.3) is 0 Å². The molecule has 1 aliphatic carbocycles. The quantitative estimate of drug-likeness (QED) is 0.545. The van der Waals surface area contributed by atoms with Crippen molar-refractivity contribution in [2.45, 2.75) is 32.6 Å². The molecule has 146 valence electrons. The molecule has 2 aromatic carbocycles. The summed E-state index contributed by atoms with van der Waals surface area (Å²) in [4.78, 5) is 25.6. The van der Waals surface area contributed by atoms with Crippen LogP contribution in [0.25, 0.3) is 5.57 Å². The fourth-order valence-electron chi connectivity index (χ4n) is 3.80. The molecule has 0 aromatic heterocycles. The Hall–Kier alpha value is -2.88. The number of para-hydroxylation sites is 1. The summed E-state index contributed by atoms with van der Waals surface area (Å²) in [5.41, 5.74) is 4.04. The number of rotatable bonds is 6. The Bertz CT molecular complexity index is 880. The zero-order valence-electron chi connectivity index (χ0n) is 16.6. The van der Waals surface area contributed by atoms with E-state index < -0.39 is 11.9 Å². The molecule has 4 heteroatoms. The number of benzene rings is 2. The van der Waals surface area contributed by atoms with Gasteiger partial charge >= 0.3 is 5.97 Å². The van der Waals surface area contributed by atoms with Gasteiger partial charge in [-0.1, -0.05) is 49.4 Å². The first-order valence-corrected chi connectivity index (χ1v) is 9.72. The third kappa shape index (κ3) is 4.01. The van der Waals surface area contributed by atoms with E-state index in [4.69, 9.17) is 9.47 Å². The Balaban J connectivity index is 2.04. The van der Waals surface area contributed by atoms with Crippen LogP contribution < -0.4 is 4.74 Å². The number of methoxy groups -OCH3 is 1. The second-order valence-electron chi connectivity index (χ2n) is 6.90. The molecule has 0 N–H and O–H groups in total. The van der Waals surface area contributed by atoms with Crippen molar-refractivity contribution < 1.29 is 19.1 Å². The molecule has 0 saturated carbocycles. The van der Waals surface area contributed by atoms with Crippen molar-refractivity contribution in [3.05, 3.63) is 71.3 Å². The molecule has 0 unspecified atom stereocenters. The van der Waals surface area contributed by atoms with Gasteiger partial charge in [0.15, 0.2) is 5.78 Å². The van der Waals surface area contributed by atoms with Gasteiger partial charge < -0.3 is 9.47 Å². The summed E-state index contributed by atoms with van der Waals surface area (Å²) < 4.78 is 10.7. The van der Waals surface area contributed by atoms with Crippen LogP contribution in [0.15, 0.2) is 54.6 Å². The van der Waals surface area contributed by atoms with Crippen molar-refractivity contribution in [1.29, 1.82) is 0 Å². The Morgan fingerprint density at radius 3 is 2.43 bits per heavy atom. The molecule has 0 fully saturated rings. The average Bonchev–Trinajstić information content (AvgIpc) is 2.73. The largest absolute Gasteiger partial charge is 0.496 e. The zero-order valence-corrected chi connectivity index (χ0v) is 16.6. The van der Waals surface area contributed by atoms with E-state index in [9.17, 15) is 9.59 Å². The molecule has 2 atom stereocenters. The number of carbonyl (C=O) groups is 2. The normalized spacial score (nSPS) is 19.1. The molecule has 0 aliphatic heterocycles. The van der Waals surface area contributed by atoms with Gasteiger partial charge in [0.2, 0.25) is 0 Å². The molecule has 2 aromatic rings. The highest BCUT2D eigenvalue weighted by Gasteiger charge is 2.40. The smallest absolute Gasteiger partial charge is 0.317 e. The lowest BCUT2D eigenvalue weighted by Gasteiger charge is -2.30. The van der Waals surface area contributed by atoms with Crippen molar-refractivity contribution in [1.82, 2.24) is 0 Å². The van der Waals surface area contributed by atoms with Gasteiger partial charge in [-0.2, -0.15) is 0 Å². The van der Waals surface area contributed by atoms with Gasteiger partial charge in [-0.15, -0.1) is 0 Å². The fraction of sp³-hybridized carbons (Fsp3) is 0.333. The summed E-state index contributed by atoms with van der Waals surface area (Å²) in [6, 6.07) is 15.8. The van der Waals surface area contributed by atoms with Gasteiger partial charge in [-0.05, 0) is 54.2 Å². The van der Waals surface area contributed by atoms with E-state index in [0.717, 1.165) is 23.1 Å².